The first-order valence-corrected chi connectivity index (χ1v) is 8.22. The van der Waals surface area contributed by atoms with Crippen molar-refractivity contribution < 1.29 is 29.6 Å². The van der Waals surface area contributed by atoms with E-state index < -0.39 is 42.9 Å². The number of rotatable bonds is 4. The molecule has 1 aliphatic heterocycles. The molecule has 0 spiro atoms. The Hall–Kier alpha value is -2.23. The second kappa shape index (κ2) is 7.56. The molecule has 0 bridgehead atoms. The lowest BCUT2D eigenvalue weighted by molar-refractivity contribution is -0.245. The van der Waals surface area contributed by atoms with Crippen LogP contribution < -0.4 is 10.9 Å². The topological polar surface area (TPSA) is 132 Å². The highest BCUT2D eigenvalue weighted by Gasteiger charge is 2.43. The number of hydrogen-bond donors (Lipinski definition) is 5. The minimum absolute atomic E-state index is 0.336. The zero-order chi connectivity index (χ0) is 18.8. The maximum atomic E-state index is 11.9. The molecule has 3 unspecified atom stereocenters. The molecule has 2 heterocycles. The van der Waals surface area contributed by atoms with Gasteiger partial charge in [0.25, 0.3) is 0 Å². The summed E-state index contributed by atoms with van der Waals surface area (Å²) in [6, 6.07) is 5.64. The van der Waals surface area contributed by atoms with Crippen LogP contribution in [-0.2, 0) is 4.74 Å². The molecular formula is C18H21NO7. The van der Waals surface area contributed by atoms with Gasteiger partial charge in [0.1, 0.15) is 29.9 Å². The number of ether oxygens (including phenoxy) is 1. The summed E-state index contributed by atoms with van der Waals surface area (Å²) in [4.78, 5) is 11.9. The van der Waals surface area contributed by atoms with Crippen LogP contribution in [0.5, 0.6) is 0 Å². The lowest BCUT2D eigenvalue weighted by Gasteiger charge is -2.40. The second-order valence-electron chi connectivity index (χ2n) is 6.14. The molecule has 2 aromatic rings. The van der Waals surface area contributed by atoms with E-state index in [9.17, 15) is 20.1 Å². The van der Waals surface area contributed by atoms with Gasteiger partial charge in [0.15, 0.2) is 6.29 Å². The standard InChI is InChI=1S/C18H21NO7/c1-2-3-10-6-9-4-5-11(7-12(9)25-17(10)23)19-14-16(22)15(21)13(8-20)26-18(14)24/h2-7,13-16,18-22,24H,8H2,1H3/b3-2+/t13?,14?,15-,16-,18?/m0/s1. The molecule has 1 aliphatic rings. The predicted molar refractivity (Wildman–Crippen MR) is 94.6 cm³/mol. The average molecular weight is 363 g/mol. The van der Waals surface area contributed by atoms with Gasteiger partial charge in [-0.25, -0.2) is 4.79 Å². The Bertz CT molecular complexity index is 862. The predicted octanol–water partition coefficient (Wildman–Crippen LogP) is 0.0379. The van der Waals surface area contributed by atoms with Crippen molar-refractivity contribution in [2.75, 3.05) is 11.9 Å². The Balaban J connectivity index is 1.87. The van der Waals surface area contributed by atoms with Crippen LogP contribution >= 0.6 is 0 Å². The highest BCUT2D eigenvalue weighted by Crippen LogP contribution is 2.25. The molecule has 0 saturated carbocycles. The van der Waals surface area contributed by atoms with Crippen molar-refractivity contribution in [2.24, 2.45) is 0 Å². The number of benzene rings is 1. The monoisotopic (exact) mass is 363 g/mol. The van der Waals surface area contributed by atoms with Gasteiger partial charge in [-0.1, -0.05) is 12.2 Å². The van der Waals surface area contributed by atoms with Gasteiger partial charge in [-0.15, -0.1) is 0 Å². The molecule has 0 amide bonds. The van der Waals surface area contributed by atoms with E-state index in [1.807, 2.05) is 0 Å². The molecule has 1 saturated heterocycles. The molecule has 5 N–H and O–H groups in total. The normalized spacial score (nSPS) is 29.3. The fraction of sp³-hybridized carbons (Fsp3) is 0.389. The van der Waals surface area contributed by atoms with E-state index in [-0.39, 0.29) is 0 Å². The van der Waals surface area contributed by atoms with E-state index in [1.165, 1.54) is 0 Å². The van der Waals surface area contributed by atoms with Crippen LogP contribution in [0.1, 0.15) is 12.5 Å². The van der Waals surface area contributed by atoms with Crippen LogP contribution in [-0.4, -0.2) is 57.7 Å². The number of allylic oxidation sites excluding steroid dienone is 1. The summed E-state index contributed by atoms with van der Waals surface area (Å²) >= 11 is 0. The number of nitrogens with one attached hydrogen (secondary N) is 1. The number of aliphatic hydroxyl groups excluding tert-OH is 4. The third kappa shape index (κ3) is 3.50. The number of anilines is 1. The van der Waals surface area contributed by atoms with E-state index in [2.05, 4.69) is 5.32 Å². The van der Waals surface area contributed by atoms with Crippen LogP contribution in [0.15, 0.2) is 39.6 Å². The van der Waals surface area contributed by atoms with E-state index >= 15 is 0 Å². The van der Waals surface area contributed by atoms with E-state index in [0.29, 0.717) is 22.2 Å². The summed E-state index contributed by atoms with van der Waals surface area (Å²) in [5.41, 5.74) is 0.754. The summed E-state index contributed by atoms with van der Waals surface area (Å²) in [5, 5.41) is 42.8. The van der Waals surface area contributed by atoms with Crippen LogP contribution in [0.2, 0.25) is 0 Å². The quantitative estimate of drug-likeness (QED) is 0.481. The molecule has 1 aromatic heterocycles. The molecule has 5 atom stereocenters. The first-order valence-electron chi connectivity index (χ1n) is 8.22. The van der Waals surface area contributed by atoms with E-state index in [0.717, 1.165) is 0 Å². The maximum Gasteiger partial charge on any atom is 0.343 e. The summed E-state index contributed by atoms with van der Waals surface area (Å²) in [7, 11) is 0. The summed E-state index contributed by atoms with van der Waals surface area (Å²) in [5.74, 6) is 0. The second-order valence-corrected chi connectivity index (χ2v) is 6.14. The van der Waals surface area contributed by atoms with Crippen molar-refractivity contribution in [2.45, 2.75) is 37.6 Å². The highest BCUT2D eigenvalue weighted by molar-refractivity contribution is 5.82. The van der Waals surface area contributed by atoms with Gasteiger partial charge in [-0.3, -0.25) is 0 Å². The van der Waals surface area contributed by atoms with Gasteiger partial charge in [0.2, 0.25) is 0 Å². The molecular weight excluding hydrogens is 342 g/mol. The number of hydrogen-bond acceptors (Lipinski definition) is 8. The number of aliphatic hydroxyl groups is 4. The van der Waals surface area contributed by atoms with Gasteiger partial charge in [0, 0.05) is 17.1 Å². The molecule has 26 heavy (non-hydrogen) atoms. The van der Waals surface area contributed by atoms with Crippen LogP contribution in [0, 0.1) is 0 Å². The Labute approximate surface area is 149 Å². The minimum atomic E-state index is -1.44. The lowest BCUT2D eigenvalue weighted by Crippen LogP contribution is -2.61. The Kier molecular flexibility index (Phi) is 5.40. The van der Waals surface area contributed by atoms with Crippen LogP contribution in [0.4, 0.5) is 5.69 Å². The summed E-state index contributed by atoms with van der Waals surface area (Å²) < 4.78 is 10.4. The van der Waals surface area contributed by atoms with E-state index in [4.69, 9.17) is 14.3 Å². The van der Waals surface area contributed by atoms with Crippen molar-refractivity contribution in [3.05, 3.63) is 46.3 Å². The first kappa shape index (κ1) is 18.6. The third-order valence-corrected chi connectivity index (χ3v) is 4.34. The van der Waals surface area contributed by atoms with Gasteiger partial charge in [-0.05, 0) is 25.1 Å². The fourth-order valence-corrected chi connectivity index (χ4v) is 2.96. The van der Waals surface area contributed by atoms with E-state index in [1.54, 1.807) is 43.3 Å². The minimum Gasteiger partial charge on any atom is -0.422 e. The molecule has 1 fully saturated rings. The van der Waals surface area contributed by atoms with Crippen molar-refractivity contribution in [1.29, 1.82) is 0 Å². The molecule has 8 nitrogen and oxygen atoms in total. The number of fused-ring (bicyclic) bond motifs is 1. The first-order chi connectivity index (χ1) is 12.4. The Morgan fingerprint density at radius 2 is 1.96 bits per heavy atom. The molecule has 140 valence electrons. The highest BCUT2D eigenvalue weighted by atomic mass is 16.6. The van der Waals surface area contributed by atoms with Crippen LogP contribution in [0.25, 0.3) is 17.0 Å². The van der Waals surface area contributed by atoms with Crippen molar-refractivity contribution in [1.82, 2.24) is 0 Å². The molecule has 8 heteroatoms. The average Bonchev–Trinajstić information content (AvgIpc) is 2.62. The van der Waals surface area contributed by atoms with Gasteiger partial charge < -0.3 is 34.9 Å². The van der Waals surface area contributed by atoms with Crippen molar-refractivity contribution in [3.63, 3.8) is 0 Å². The molecule has 0 aliphatic carbocycles. The van der Waals surface area contributed by atoms with Gasteiger partial charge in [-0.2, -0.15) is 0 Å². The maximum absolute atomic E-state index is 11.9. The molecule has 1 aromatic carbocycles. The third-order valence-electron chi connectivity index (χ3n) is 4.34. The molecule has 0 radical (unpaired) electrons. The SMILES string of the molecule is C/C=C/c1cc2ccc(NC3C(O)OC(CO)[C@H](O)[C@H]3O)cc2oc1=O. The lowest BCUT2D eigenvalue weighted by atomic mass is 9.97. The zero-order valence-corrected chi connectivity index (χ0v) is 14.1. The largest absolute Gasteiger partial charge is 0.422 e. The van der Waals surface area contributed by atoms with Gasteiger partial charge in [0.05, 0.1) is 12.2 Å². The van der Waals surface area contributed by atoms with Crippen molar-refractivity contribution >= 4 is 22.7 Å². The zero-order valence-electron chi connectivity index (χ0n) is 14.1. The molecule has 3 rings (SSSR count). The van der Waals surface area contributed by atoms with Gasteiger partial charge >= 0.3 is 5.63 Å². The Morgan fingerprint density at radius 1 is 1.19 bits per heavy atom. The fourth-order valence-electron chi connectivity index (χ4n) is 2.96. The summed E-state index contributed by atoms with van der Waals surface area (Å²) in [6.45, 7) is 1.27. The van der Waals surface area contributed by atoms with Crippen molar-refractivity contribution in [3.8, 4) is 0 Å². The summed E-state index contributed by atoms with van der Waals surface area (Å²) in [6.07, 6.45) is -1.84. The van der Waals surface area contributed by atoms with Crippen LogP contribution in [0.3, 0.4) is 0 Å². The Morgan fingerprint density at radius 3 is 2.65 bits per heavy atom. The smallest absolute Gasteiger partial charge is 0.343 e.